The highest BCUT2D eigenvalue weighted by Gasteiger charge is 2.08. The van der Waals surface area contributed by atoms with Crippen LogP contribution in [0.4, 0.5) is 0 Å². The van der Waals surface area contributed by atoms with Gasteiger partial charge in [0.05, 0.1) is 10.9 Å². The van der Waals surface area contributed by atoms with Crippen molar-refractivity contribution >= 4 is 10.9 Å². The fraction of sp³-hybridized carbons (Fsp3) is 0.273. The van der Waals surface area contributed by atoms with Gasteiger partial charge < -0.3 is 10.1 Å². The van der Waals surface area contributed by atoms with E-state index >= 15 is 0 Å². The lowest BCUT2D eigenvalue weighted by atomic mass is 10.2. The lowest BCUT2D eigenvalue weighted by Gasteiger charge is -2.05. The van der Waals surface area contributed by atoms with Gasteiger partial charge in [-0.3, -0.25) is 9.36 Å². The Bertz CT molecular complexity index is 640. The maximum atomic E-state index is 11.9. The molecule has 0 spiro atoms. The summed E-state index contributed by atoms with van der Waals surface area (Å²) in [5, 5.41) is 9.85. The van der Waals surface area contributed by atoms with Crippen molar-refractivity contribution in [2.45, 2.75) is 19.9 Å². The molecule has 1 heterocycles. The minimum Gasteiger partial charge on any atom is -0.506 e. The number of nitrogens with one attached hydrogen (secondary N) is 1. The summed E-state index contributed by atoms with van der Waals surface area (Å²) in [4.78, 5) is 26.0. The van der Waals surface area contributed by atoms with E-state index in [0.717, 1.165) is 4.57 Å². The number of H-pyrrole nitrogens is 1. The van der Waals surface area contributed by atoms with Crippen LogP contribution >= 0.6 is 0 Å². The van der Waals surface area contributed by atoms with Crippen LogP contribution in [0, 0.1) is 0 Å². The minimum atomic E-state index is -0.485. The standard InChI is InChI=1S/C11H12N2O3/c1-2-6-13-10(15)7-4-3-5-8(14)9(7)12-11(13)16/h3-5,14H,2,6H2,1H3,(H,12,16). The van der Waals surface area contributed by atoms with E-state index in [2.05, 4.69) is 4.98 Å². The van der Waals surface area contributed by atoms with Crippen molar-refractivity contribution in [3.63, 3.8) is 0 Å². The first-order chi connectivity index (χ1) is 7.65. The van der Waals surface area contributed by atoms with Gasteiger partial charge in [0.25, 0.3) is 5.56 Å². The molecule has 0 radical (unpaired) electrons. The summed E-state index contributed by atoms with van der Waals surface area (Å²) in [5.41, 5.74) is -0.651. The number of hydrogen-bond donors (Lipinski definition) is 2. The van der Waals surface area contributed by atoms with E-state index in [4.69, 9.17) is 0 Å². The van der Waals surface area contributed by atoms with Gasteiger partial charge in [0.15, 0.2) is 0 Å². The minimum absolute atomic E-state index is 0.0876. The topological polar surface area (TPSA) is 75.1 Å². The van der Waals surface area contributed by atoms with E-state index in [0.29, 0.717) is 18.4 Å². The summed E-state index contributed by atoms with van der Waals surface area (Å²) in [5.74, 6) is -0.0876. The second-order valence-electron chi connectivity index (χ2n) is 3.59. The van der Waals surface area contributed by atoms with Crippen LogP contribution in [0.1, 0.15) is 13.3 Å². The number of hydrogen-bond acceptors (Lipinski definition) is 3. The first kappa shape index (κ1) is 10.5. The van der Waals surface area contributed by atoms with Crippen LogP contribution in [0.3, 0.4) is 0 Å². The highest BCUT2D eigenvalue weighted by molar-refractivity contribution is 5.82. The van der Waals surface area contributed by atoms with Crippen LogP contribution in [0.5, 0.6) is 5.75 Å². The molecule has 0 bridgehead atoms. The van der Waals surface area contributed by atoms with Gasteiger partial charge in [-0.25, -0.2) is 4.79 Å². The predicted octanol–water partition coefficient (Wildman–Crippen LogP) is 0.805. The van der Waals surface area contributed by atoms with E-state index in [9.17, 15) is 14.7 Å². The molecule has 2 rings (SSSR count). The number of fused-ring (bicyclic) bond motifs is 1. The number of para-hydroxylation sites is 1. The van der Waals surface area contributed by atoms with Crippen molar-refractivity contribution < 1.29 is 5.11 Å². The van der Waals surface area contributed by atoms with E-state index in [1.807, 2.05) is 6.92 Å². The fourth-order valence-electron chi connectivity index (χ4n) is 1.69. The lowest BCUT2D eigenvalue weighted by molar-refractivity contribution is 0.479. The van der Waals surface area contributed by atoms with Gasteiger partial charge in [0.1, 0.15) is 5.75 Å². The third kappa shape index (κ3) is 1.50. The van der Waals surface area contributed by atoms with Crippen LogP contribution in [0.25, 0.3) is 10.9 Å². The van der Waals surface area contributed by atoms with Crippen LogP contribution < -0.4 is 11.2 Å². The van der Waals surface area contributed by atoms with Gasteiger partial charge in [0, 0.05) is 6.54 Å². The maximum absolute atomic E-state index is 11.9. The lowest BCUT2D eigenvalue weighted by Crippen LogP contribution is -2.34. The Balaban J connectivity index is 2.90. The van der Waals surface area contributed by atoms with Gasteiger partial charge >= 0.3 is 5.69 Å². The molecule has 0 saturated heterocycles. The van der Waals surface area contributed by atoms with Gasteiger partial charge in [-0.05, 0) is 18.6 Å². The van der Waals surface area contributed by atoms with Crippen LogP contribution in [-0.2, 0) is 6.54 Å². The molecule has 0 fully saturated rings. The summed E-state index contributed by atoms with van der Waals surface area (Å²) in [6, 6.07) is 4.59. The quantitative estimate of drug-likeness (QED) is 0.786. The Hall–Kier alpha value is -2.04. The zero-order valence-electron chi connectivity index (χ0n) is 8.86. The Kier molecular flexibility index (Phi) is 2.52. The molecule has 1 aromatic heterocycles. The number of aromatic amines is 1. The van der Waals surface area contributed by atoms with Crippen molar-refractivity contribution in [2.24, 2.45) is 0 Å². The first-order valence-corrected chi connectivity index (χ1v) is 5.10. The summed E-state index contributed by atoms with van der Waals surface area (Å²) in [7, 11) is 0. The van der Waals surface area contributed by atoms with Crippen LogP contribution in [0.15, 0.2) is 27.8 Å². The SMILES string of the molecule is CCCn1c(=O)[nH]c2c(O)cccc2c1=O. The molecule has 0 amide bonds. The Morgan fingerprint density at radius 3 is 2.81 bits per heavy atom. The number of benzene rings is 1. The van der Waals surface area contributed by atoms with Crippen molar-refractivity contribution in [3.8, 4) is 5.75 Å². The van der Waals surface area contributed by atoms with Crippen molar-refractivity contribution in [1.29, 1.82) is 0 Å². The number of phenols is 1. The van der Waals surface area contributed by atoms with Gasteiger partial charge in [-0.1, -0.05) is 13.0 Å². The number of rotatable bonds is 2. The molecule has 0 aliphatic rings. The molecule has 5 heteroatoms. The molecule has 2 aromatic rings. The third-order valence-electron chi connectivity index (χ3n) is 2.44. The zero-order valence-corrected chi connectivity index (χ0v) is 8.86. The molecule has 0 aliphatic heterocycles. The molecule has 2 N–H and O–H groups in total. The summed E-state index contributed by atoms with van der Waals surface area (Å²) in [6.07, 6.45) is 0.702. The Labute approximate surface area is 91.0 Å². The van der Waals surface area contributed by atoms with Crippen LogP contribution in [-0.4, -0.2) is 14.7 Å². The molecule has 84 valence electrons. The third-order valence-corrected chi connectivity index (χ3v) is 2.44. The maximum Gasteiger partial charge on any atom is 0.328 e. The Morgan fingerprint density at radius 1 is 1.38 bits per heavy atom. The molecule has 1 aromatic carbocycles. The highest BCUT2D eigenvalue weighted by Crippen LogP contribution is 2.17. The molecule has 0 aliphatic carbocycles. The molecule has 0 unspecified atom stereocenters. The summed E-state index contributed by atoms with van der Waals surface area (Å²) < 4.78 is 1.14. The van der Waals surface area contributed by atoms with Crippen molar-refractivity contribution in [1.82, 2.24) is 9.55 Å². The van der Waals surface area contributed by atoms with Crippen molar-refractivity contribution in [3.05, 3.63) is 39.0 Å². The highest BCUT2D eigenvalue weighted by atomic mass is 16.3. The van der Waals surface area contributed by atoms with E-state index in [1.54, 1.807) is 12.1 Å². The molecule has 5 nitrogen and oxygen atoms in total. The number of phenolic OH excluding ortho intramolecular Hbond substituents is 1. The Morgan fingerprint density at radius 2 is 2.12 bits per heavy atom. The van der Waals surface area contributed by atoms with E-state index in [1.165, 1.54) is 6.07 Å². The van der Waals surface area contributed by atoms with Crippen LogP contribution in [0.2, 0.25) is 0 Å². The zero-order chi connectivity index (χ0) is 11.7. The van der Waals surface area contributed by atoms with Gasteiger partial charge in [0.2, 0.25) is 0 Å². The van der Waals surface area contributed by atoms with Gasteiger partial charge in [-0.15, -0.1) is 0 Å². The fourth-order valence-corrected chi connectivity index (χ4v) is 1.69. The second kappa shape index (κ2) is 3.84. The molecule has 0 saturated carbocycles. The summed E-state index contributed by atoms with van der Waals surface area (Å²) >= 11 is 0. The first-order valence-electron chi connectivity index (χ1n) is 5.10. The number of aromatic nitrogens is 2. The summed E-state index contributed by atoms with van der Waals surface area (Å²) in [6.45, 7) is 2.26. The average molecular weight is 220 g/mol. The smallest absolute Gasteiger partial charge is 0.328 e. The largest absolute Gasteiger partial charge is 0.506 e. The van der Waals surface area contributed by atoms with E-state index < -0.39 is 5.69 Å². The van der Waals surface area contributed by atoms with E-state index in [-0.39, 0.29) is 16.8 Å². The second-order valence-corrected chi connectivity index (χ2v) is 3.59. The number of aromatic hydroxyl groups is 1. The average Bonchev–Trinajstić information content (AvgIpc) is 2.26. The van der Waals surface area contributed by atoms with Crippen molar-refractivity contribution in [2.75, 3.05) is 0 Å². The molecular formula is C11H12N2O3. The van der Waals surface area contributed by atoms with Gasteiger partial charge in [-0.2, -0.15) is 0 Å². The molecule has 0 atom stereocenters. The normalized spacial score (nSPS) is 10.8. The monoisotopic (exact) mass is 220 g/mol. The number of nitrogens with zero attached hydrogens (tertiary/aromatic N) is 1. The molecule has 16 heavy (non-hydrogen) atoms. The molecular weight excluding hydrogens is 208 g/mol. The predicted molar refractivity (Wildman–Crippen MR) is 60.8 cm³/mol.